The number of aryl methyl sites for hydroxylation is 1. The van der Waals surface area contributed by atoms with Crippen LogP contribution in [-0.4, -0.2) is 33.9 Å². The predicted molar refractivity (Wildman–Crippen MR) is 89.8 cm³/mol. The molecule has 1 N–H and O–H groups in total. The molecule has 1 fully saturated rings. The smallest absolute Gasteiger partial charge is 0.229 e. The van der Waals surface area contributed by atoms with Gasteiger partial charge >= 0.3 is 0 Å². The van der Waals surface area contributed by atoms with Gasteiger partial charge in [-0.1, -0.05) is 12.1 Å². The van der Waals surface area contributed by atoms with E-state index < -0.39 is 0 Å². The highest BCUT2D eigenvalue weighted by Crippen LogP contribution is 2.19. The van der Waals surface area contributed by atoms with Gasteiger partial charge in [0, 0.05) is 25.0 Å². The quantitative estimate of drug-likeness (QED) is 0.943. The second-order valence-electron chi connectivity index (χ2n) is 6.05. The highest BCUT2D eigenvalue weighted by Gasteiger charge is 2.26. The second kappa shape index (κ2) is 7.33. The molecule has 0 aromatic carbocycles. The summed E-state index contributed by atoms with van der Waals surface area (Å²) in [7, 11) is 0. The number of anilines is 1. The first-order valence-electron chi connectivity index (χ1n) is 8.07. The first-order valence-corrected chi connectivity index (χ1v) is 8.07. The van der Waals surface area contributed by atoms with Gasteiger partial charge in [-0.15, -0.1) is 0 Å². The zero-order valence-electron chi connectivity index (χ0n) is 13.4. The fourth-order valence-corrected chi connectivity index (χ4v) is 2.97. The second-order valence-corrected chi connectivity index (χ2v) is 6.05. The number of carbonyl (C=O) groups is 1. The van der Waals surface area contributed by atoms with Crippen LogP contribution in [0.25, 0.3) is 0 Å². The highest BCUT2D eigenvalue weighted by molar-refractivity contribution is 5.91. The number of carbonyl (C=O) groups excluding carboxylic acids is 1. The third-order valence-corrected chi connectivity index (χ3v) is 4.13. The molecule has 0 spiro atoms. The molecular formula is C18H22N4O. The summed E-state index contributed by atoms with van der Waals surface area (Å²) in [5.74, 6) is 0.709. The van der Waals surface area contributed by atoms with Gasteiger partial charge in [-0.05, 0) is 50.6 Å². The van der Waals surface area contributed by atoms with Crippen molar-refractivity contribution in [3.63, 3.8) is 0 Å². The van der Waals surface area contributed by atoms with E-state index in [-0.39, 0.29) is 11.8 Å². The van der Waals surface area contributed by atoms with Crippen LogP contribution < -0.4 is 5.32 Å². The van der Waals surface area contributed by atoms with Gasteiger partial charge in [0.15, 0.2) is 0 Å². The summed E-state index contributed by atoms with van der Waals surface area (Å²) in [5, 5.41) is 2.94. The van der Waals surface area contributed by atoms with E-state index in [4.69, 9.17) is 0 Å². The van der Waals surface area contributed by atoms with E-state index in [1.165, 1.54) is 0 Å². The Morgan fingerprint density at radius 1 is 1.30 bits per heavy atom. The number of rotatable bonds is 4. The Morgan fingerprint density at radius 2 is 2.22 bits per heavy atom. The molecular weight excluding hydrogens is 288 g/mol. The maximum Gasteiger partial charge on any atom is 0.229 e. The Balaban J connectivity index is 1.58. The van der Waals surface area contributed by atoms with Crippen molar-refractivity contribution in [2.24, 2.45) is 5.92 Å². The lowest BCUT2D eigenvalue weighted by atomic mass is 9.97. The standard InChI is InChI=1S/C18H22N4O/c1-14-6-4-9-17(20-14)21-18(23)15-7-5-11-22(12-15)13-16-8-2-3-10-19-16/h2-4,6,8-10,15H,5,7,11-13H2,1H3,(H,20,21,23)/t15-/m0/s1. The molecule has 1 saturated heterocycles. The SMILES string of the molecule is Cc1cccc(NC(=O)[C@H]2CCCN(Cc3ccccn3)C2)n1. The number of aromatic nitrogens is 2. The Labute approximate surface area is 136 Å². The molecule has 1 aliphatic heterocycles. The molecule has 5 nitrogen and oxygen atoms in total. The van der Waals surface area contributed by atoms with Crippen molar-refractivity contribution in [1.29, 1.82) is 0 Å². The normalized spacial score (nSPS) is 18.6. The molecule has 1 aliphatic rings. The first-order chi connectivity index (χ1) is 11.2. The van der Waals surface area contributed by atoms with Gasteiger partial charge in [0.25, 0.3) is 0 Å². The number of nitrogens with zero attached hydrogens (tertiary/aromatic N) is 3. The minimum absolute atomic E-state index is 0.00905. The number of hydrogen-bond donors (Lipinski definition) is 1. The fourth-order valence-electron chi connectivity index (χ4n) is 2.97. The third-order valence-electron chi connectivity index (χ3n) is 4.13. The fraction of sp³-hybridized carbons (Fsp3) is 0.389. The number of amides is 1. The first kappa shape index (κ1) is 15.6. The van der Waals surface area contributed by atoms with Gasteiger partial charge in [-0.3, -0.25) is 14.7 Å². The third kappa shape index (κ3) is 4.36. The molecule has 23 heavy (non-hydrogen) atoms. The molecule has 3 rings (SSSR count). The molecule has 5 heteroatoms. The summed E-state index contributed by atoms with van der Waals surface area (Å²) in [4.78, 5) is 23.5. The number of piperidine rings is 1. The Kier molecular flexibility index (Phi) is 4.98. The average molecular weight is 310 g/mol. The van der Waals surface area contributed by atoms with Crippen LogP contribution in [0.2, 0.25) is 0 Å². The van der Waals surface area contributed by atoms with Gasteiger partial charge in [-0.2, -0.15) is 0 Å². The molecule has 0 aliphatic carbocycles. The Morgan fingerprint density at radius 3 is 3.00 bits per heavy atom. The lowest BCUT2D eigenvalue weighted by Gasteiger charge is -2.31. The van der Waals surface area contributed by atoms with Gasteiger partial charge in [-0.25, -0.2) is 4.98 Å². The van der Waals surface area contributed by atoms with Gasteiger partial charge < -0.3 is 5.32 Å². The minimum atomic E-state index is 0.00905. The number of nitrogens with one attached hydrogen (secondary N) is 1. The van der Waals surface area contributed by atoms with Crippen molar-refractivity contribution in [3.05, 3.63) is 54.0 Å². The van der Waals surface area contributed by atoms with Gasteiger partial charge in [0.05, 0.1) is 11.6 Å². The largest absolute Gasteiger partial charge is 0.310 e. The van der Waals surface area contributed by atoms with Crippen molar-refractivity contribution in [1.82, 2.24) is 14.9 Å². The van der Waals surface area contributed by atoms with Gasteiger partial charge in [0.2, 0.25) is 5.91 Å². The number of hydrogen-bond acceptors (Lipinski definition) is 4. The van der Waals surface area contributed by atoms with E-state index in [1.807, 2.05) is 49.5 Å². The van der Waals surface area contributed by atoms with Crippen LogP contribution in [0.15, 0.2) is 42.6 Å². The van der Waals surface area contributed by atoms with Crippen molar-refractivity contribution < 1.29 is 4.79 Å². The van der Waals surface area contributed by atoms with E-state index in [9.17, 15) is 4.79 Å². The maximum atomic E-state index is 12.5. The van der Waals surface area contributed by atoms with E-state index in [2.05, 4.69) is 20.2 Å². The molecule has 1 amide bonds. The maximum absolute atomic E-state index is 12.5. The lowest BCUT2D eigenvalue weighted by molar-refractivity contribution is -0.121. The topological polar surface area (TPSA) is 58.1 Å². The van der Waals surface area contributed by atoms with Crippen LogP contribution in [0.3, 0.4) is 0 Å². The molecule has 0 radical (unpaired) electrons. The van der Waals surface area contributed by atoms with E-state index >= 15 is 0 Å². The zero-order chi connectivity index (χ0) is 16.1. The molecule has 0 unspecified atom stereocenters. The van der Waals surface area contributed by atoms with Crippen molar-refractivity contribution in [2.45, 2.75) is 26.3 Å². The summed E-state index contributed by atoms with van der Waals surface area (Å²) in [6, 6.07) is 11.6. The molecule has 0 bridgehead atoms. The summed E-state index contributed by atoms with van der Waals surface area (Å²) in [6.45, 7) is 4.51. The van der Waals surface area contributed by atoms with Crippen molar-refractivity contribution in [2.75, 3.05) is 18.4 Å². The van der Waals surface area contributed by atoms with Crippen LogP contribution in [0, 0.1) is 12.8 Å². The van der Waals surface area contributed by atoms with E-state index in [1.54, 1.807) is 0 Å². The average Bonchev–Trinajstić information content (AvgIpc) is 2.56. The van der Waals surface area contributed by atoms with Crippen molar-refractivity contribution in [3.8, 4) is 0 Å². The summed E-state index contributed by atoms with van der Waals surface area (Å²) in [6.07, 6.45) is 3.77. The lowest BCUT2D eigenvalue weighted by Crippen LogP contribution is -2.40. The van der Waals surface area contributed by atoms with E-state index in [0.29, 0.717) is 5.82 Å². The van der Waals surface area contributed by atoms with Crippen LogP contribution in [0.5, 0.6) is 0 Å². The molecule has 0 saturated carbocycles. The number of pyridine rings is 2. The summed E-state index contributed by atoms with van der Waals surface area (Å²) < 4.78 is 0. The monoisotopic (exact) mass is 310 g/mol. The van der Waals surface area contributed by atoms with Gasteiger partial charge in [0.1, 0.15) is 5.82 Å². The molecule has 120 valence electrons. The molecule has 2 aromatic rings. The summed E-state index contributed by atoms with van der Waals surface area (Å²) in [5.41, 5.74) is 1.96. The van der Waals surface area contributed by atoms with E-state index in [0.717, 1.165) is 43.9 Å². The highest BCUT2D eigenvalue weighted by atomic mass is 16.2. The Hall–Kier alpha value is -2.27. The van der Waals surface area contributed by atoms with Crippen LogP contribution in [0.4, 0.5) is 5.82 Å². The Bertz CT molecular complexity index is 659. The predicted octanol–water partition coefficient (Wildman–Crippen LogP) is 2.64. The molecule has 2 aromatic heterocycles. The van der Waals surface area contributed by atoms with Crippen LogP contribution in [0.1, 0.15) is 24.2 Å². The molecule has 3 heterocycles. The minimum Gasteiger partial charge on any atom is -0.310 e. The van der Waals surface area contributed by atoms with Crippen LogP contribution >= 0.6 is 0 Å². The zero-order valence-corrected chi connectivity index (χ0v) is 13.4. The molecule has 1 atom stereocenters. The summed E-state index contributed by atoms with van der Waals surface area (Å²) >= 11 is 0. The van der Waals surface area contributed by atoms with Crippen molar-refractivity contribution >= 4 is 11.7 Å². The number of likely N-dealkylation sites (tertiary alicyclic amines) is 1. The van der Waals surface area contributed by atoms with Crippen LogP contribution in [-0.2, 0) is 11.3 Å².